The second-order valence-electron chi connectivity index (χ2n) is 7.19. The average Bonchev–Trinajstić information content (AvgIpc) is 2.61. The Morgan fingerprint density at radius 3 is 2.73 bits per heavy atom. The summed E-state index contributed by atoms with van der Waals surface area (Å²) in [6.45, 7) is 4.30. The first-order valence-electron chi connectivity index (χ1n) is 8.02. The first-order valence-corrected chi connectivity index (χ1v) is 10.3. The highest BCUT2D eigenvalue weighted by molar-refractivity contribution is 14.1. The second kappa shape index (κ2) is 7.53. The summed E-state index contributed by atoms with van der Waals surface area (Å²) in [4.78, 5) is 22.8. The molecule has 2 saturated carbocycles. The monoisotopic (exact) mass is 533 g/mol. The van der Waals surface area contributed by atoms with Gasteiger partial charge in [-0.25, -0.2) is 0 Å². The van der Waals surface area contributed by atoms with E-state index in [1.54, 1.807) is 0 Å². The fourth-order valence-electron chi connectivity index (χ4n) is 4.52. The van der Waals surface area contributed by atoms with Crippen LogP contribution in [0.2, 0.25) is 0 Å². The Morgan fingerprint density at radius 2 is 2.09 bits per heavy atom. The second-order valence-corrected chi connectivity index (χ2v) is 9.68. The van der Waals surface area contributed by atoms with Gasteiger partial charge in [-0.2, -0.15) is 0 Å². The average molecular weight is 533 g/mol. The number of halogens is 2. The Balaban J connectivity index is 2.18. The molecule has 2 aliphatic carbocycles. The maximum atomic E-state index is 11.7. The van der Waals surface area contributed by atoms with Gasteiger partial charge in [0.25, 0.3) is 3.91 Å². The number of amides is 1. The molecule has 2 bridgehead atoms. The molecule has 2 fully saturated rings. The van der Waals surface area contributed by atoms with Gasteiger partial charge >= 0.3 is 5.97 Å². The molecule has 0 aromatic heterocycles. The van der Waals surface area contributed by atoms with Crippen molar-refractivity contribution < 1.29 is 14.3 Å². The standard InChI is InChI=1S/C16H25I2NO3/c1-11-4-3-5-16(19-14(18)21)10-15(8-11,9-13(16)17)6-7-22-12(2)20/h11,13H,3-10H2,1-2H3,(H,19,21)/t11-,13-,15+,16+/m1/s1. The van der Waals surface area contributed by atoms with Crippen LogP contribution in [0.25, 0.3) is 0 Å². The molecule has 0 aromatic rings. The quantitative estimate of drug-likeness (QED) is 0.189. The highest BCUT2D eigenvalue weighted by Gasteiger charge is 2.54. The van der Waals surface area contributed by atoms with Crippen molar-refractivity contribution in [3.05, 3.63) is 0 Å². The predicted octanol–water partition coefficient (Wildman–Crippen LogP) is 4.62. The Hall–Kier alpha value is 0.400. The van der Waals surface area contributed by atoms with Crippen molar-refractivity contribution in [2.24, 2.45) is 11.3 Å². The van der Waals surface area contributed by atoms with Crippen LogP contribution in [-0.2, 0) is 9.53 Å². The van der Waals surface area contributed by atoms with Gasteiger partial charge in [0.15, 0.2) is 0 Å². The van der Waals surface area contributed by atoms with E-state index in [1.165, 1.54) is 26.2 Å². The van der Waals surface area contributed by atoms with Gasteiger partial charge in [-0.05, 0) is 43.4 Å². The molecule has 6 heteroatoms. The van der Waals surface area contributed by atoms with Crippen molar-refractivity contribution in [2.75, 3.05) is 6.61 Å². The first-order chi connectivity index (χ1) is 10.3. The smallest absolute Gasteiger partial charge is 0.302 e. The minimum atomic E-state index is -0.203. The summed E-state index contributed by atoms with van der Waals surface area (Å²) < 4.78 is 5.71. The number of hydrogen-bond acceptors (Lipinski definition) is 3. The third kappa shape index (κ3) is 4.48. The predicted molar refractivity (Wildman–Crippen MR) is 104 cm³/mol. The van der Waals surface area contributed by atoms with Gasteiger partial charge in [0.05, 0.1) is 12.1 Å². The number of hydrogen-bond donors (Lipinski definition) is 1. The highest BCUT2D eigenvalue weighted by atomic mass is 127. The highest BCUT2D eigenvalue weighted by Crippen LogP contribution is 2.56. The Kier molecular flexibility index (Phi) is 6.41. The van der Waals surface area contributed by atoms with Gasteiger partial charge < -0.3 is 10.1 Å². The molecule has 0 unspecified atom stereocenters. The number of alkyl halides is 1. The first kappa shape index (κ1) is 18.7. The minimum absolute atomic E-state index is 0.0451. The molecule has 2 rings (SSSR count). The molecule has 2 aliphatic rings. The number of rotatable bonds is 4. The normalized spacial score (nSPS) is 38.0. The zero-order valence-corrected chi connectivity index (χ0v) is 17.6. The van der Waals surface area contributed by atoms with E-state index in [-0.39, 0.29) is 20.8 Å². The fourth-order valence-corrected chi connectivity index (χ4v) is 6.68. The lowest BCUT2D eigenvalue weighted by atomic mass is 9.71. The number of nitrogens with one attached hydrogen (secondary N) is 1. The van der Waals surface area contributed by atoms with Crippen molar-refractivity contribution in [3.8, 4) is 0 Å². The molecule has 0 spiro atoms. The molecule has 1 N–H and O–H groups in total. The van der Waals surface area contributed by atoms with E-state index in [0.29, 0.717) is 16.4 Å². The zero-order valence-electron chi connectivity index (χ0n) is 13.3. The topological polar surface area (TPSA) is 55.4 Å². The van der Waals surface area contributed by atoms with Crippen molar-refractivity contribution in [1.29, 1.82) is 0 Å². The van der Waals surface area contributed by atoms with Gasteiger partial charge in [-0.15, -0.1) is 0 Å². The lowest BCUT2D eigenvalue weighted by molar-refractivity contribution is -0.141. The Labute approximate surface area is 160 Å². The van der Waals surface area contributed by atoms with Gasteiger partial charge in [0.2, 0.25) is 0 Å². The SMILES string of the molecule is CC(=O)OCC[C@@]12C[C@H](C)CCC[C@](NC(=O)I)(C1)[C@H](I)C2. The van der Waals surface area contributed by atoms with Gasteiger partial charge in [0.1, 0.15) is 0 Å². The summed E-state index contributed by atoms with van der Waals surface area (Å²) in [5, 5.41) is 3.28. The molecule has 126 valence electrons. The zero-order chi connectivity index (χ0) is 16.4. The van der Waals surface area contributed by atoms with E-state index in [9.17, 15) is 9.59 Å². The molecule has 0 aliphatic heterocycles. The summed E-state index contributed by atoms with van der Waals surface area (Å²) in [6.07, 6.45) is 7.68. The van der Waals surface area contributed by atoms with E-state index < -0.39 is 0 Å². The minimum Gasteiger partial charge on any atom is -0.466 e. The summed E-state index contributed by atoms with van der Waals surface area (Å²) in [5.41, 5.74) is 0.120. The van der Waals surface area contributed by atoms with E-state index in [0.717, 1.165) is 25.7 Å². The van der Waals surface area contributed by atoms with Crippen molar-refractivity contribution >= 4 is 55.1 Å². The molecule has 4 atom stereocenters. The third-order valence-electron chi connectivity index (χ3n) is 5.29. The summed E-state index contributed by atoms with van der Waals surface area (Å²) in [7, 11) is 0. The van der Waals surface area contributed by atoms with E-state index in [4.69, 9.17) is 4.74 Å². The van der Waals surface area contributed by atoms with Crippen LogP contribution in [0.3, 0.4) is 0 Å². The van der Waals surface area contributed by atoms with Crippen LogP contribution in [0.1, 0.15) is 58.8 Å². The molecule has 4 nitrogen and oxygen atoms in total. The van der Waals surface area contributed by atoms with Gasteiger partial charge in [-0.1, -0.05) is 42.4 Å². The number of carbonyl (C=O) groups is 2. The molecule has 1 amide bonds. The van der Waals surface area contributed by atoms with Crippen LogP contribution < -0.4 is 5.32 Å². The van der Waals surface area contributed by atoms with E-state index in [2.05, 4.69) is 34.8 Å². The Bertz CT molecular complexity index is 445. The lowest BCUT2D eigenvalue weighted by Gasteiger charge is -2.39. The van der Waals surface area contributed by atoms with Crippen LogP contribution in [0.4, 0.5) is 4.79 Å². The maximum Gasteiger partial charge on any atom is 0.302 e. The molecule has 22 heavy (non-hydrogen) atoms. The van der Waals surface area contributed by atoms with Crippen LogP contribution in [0.5, 0.6) is 0 Å². The number of carbonyl (C=O) groups excluding carboxylic acids is 2. The lowest BCUT2D eigenvalue weighted by Crippen LogP contribution is -2.50. The molecule has 0 saturated heterocycles. The molecule has 0 aromatic carbocycles. The number of esters is 1. The maximum absolute atomic E-state index is 11.7. The molecule has 0 heterocycles. The van der Waals surface area contributed by atoms with Gasteiger partial charge in [-0.3, -0.25) is 9.59 Å². The number of fused-ring (bicyclic) bond motifs is 2. The summed E-state index contributed by atoms with van der Waals surface area (Å²) in [5.74, 6) is 0.499. The van der Waals surface area contributed by atoms with Crippen molar-refractivity contribution in [2.45, 2.75) is 68.3 Å². The van der Waals surface area contributed by atoms with E-state index in [1.807, 2.05) is 22.6 Å². The van der Waals surface area contributed by atoms with Crippen LogP contribution in [-0.4, -0.2) is 26.0 Å². The van der Waals surface area contributed by atoms with Crippen LogP contribution in [0, 0.1) is 11.3 Å². The molecule has 0 radical (unpaired) electrons. The molecular formula is C16H25I2NO3. The Morgan fingerprint density at radius 1 is 1.36 bits per heavy atom. The van der Waals surface area contributed by atoms with Crippen molar-refractivity contribution in [3.63, 3.8) is 0 Å². The van der Waals surface area contributed by atoms with Crippen molar-refractivity contribution in [1.82, 2.24) is 5.32 Å². The largest absolute Gasteiger partial charge is 0.466 e. The third-order valence-corrected chi connectivity index (χ3v) is 7.19. The molecular weight excluding hydrogens is 508 g/mol. The summed E-state index contributed by atoms with van der Waals surface area (Å²) in [6, 6.07) is 0. The van der Waals surface area contributed by atoms with Gasteiger partial charge in [0, 0.05) is 33.4 Å². The van der Waals surface area contributed by atoms with Crippen LogP contribution >= 0.6 is 45.2 Å². The van der Waals surface area contributed by atoms with E-state index >= 15 is 0 Å². The fraction of sp³-hybridized carbons (Fsp3) is 0.875. The summed E-state index contributed by atoms with van der Waals surface area (Å²) >= 11 is 4.38. The number of ether oxygens (including phenoxy) is 1. The van der Waals surface area contributed by atoms with Crippen LogP contribution in [0.15, 0.2) is 0 Å².